The van der Waals surface area contributed by atoms with Crippen molar-refractivity contribution in [2.75, 3.05) is 6.54 Å². The third-order valence-electron chi connectivity index (χ3n) is 4.01. The molecule has 0 spiro atoms. The molecule has 1 aromatic rings. The van der Waals surface area contributed by atoms with Crippen molar-refractivity contribution in [2.45, 2.75) is 33.7 Å². The van der Waals surface area contributed by atoms with E-state index in [1.54, 1.807) is 25.7 Å². The van der Waals surface area contributed by atoms with Crippen LogP contribution in [-0.2, 0) is 20.9 Å². The number of carbonyl (C=O) groups is 3. The Morgan fingerprint density at radius 1 is 1.19 bits per heavy atom. The maximum atomic E-state index is 12.3. The SMILES string of the molecule is CC(C)(C)C(=O)NC(=S)NNC(=O)C1CC(=O)N(Cc2ccccc2)C1. The highest BCUT2D eigenvalue weighted by Crippen LogP contribution is 2.20. The van der Waals surface area contributed by atoms with E-state index in [0.29, 0.717) is 13.1 Å². The quantitative estimate of drug-likeness (QED) is 0.543. The predicted octanol–water partition coefficient (Wildman–Crippen LogP) is 1.10. The number of thiocarbonyl (C=S) groups is 1. The van der Waals surface area contributed by atoms with Gasteiger partial charge in [-0.15, -0.1) is 0 Å². The standard InChI is InChI=1S/C18H24N4O3S/c1-18(2,3)16(25)19-17(26)21-20-15(24)13-9-14(23)22(11-13)10-12-7-5-4-6-8-12/h4-8,13H,9-11H2,1-3H3,(H,20,24)(H2,19,21,25,26). The van der Waals surface area contributed by atoms with Crippen LogP contribution in [0.3, 0.4) is 0 Å². The fraction of sp³-hybridized carbons (Fsp3) is 0.444. The van der Waals surface area contributed by atoms with E-state index in [-0.39, 0.29) is 29.3 Å². The molecule has 0 aromatic heterocycles. The Hall–Kier alpha value is -2.48. The average Bonchev–Trinajstić information content (AvgIpc) is 2.93. The summed E-state index contributed by atoms with van der Waals surface area (Å²) in [6.07, 6.45) is 0.154. The van der Waals surface area contributed by atoms with Crippen molar-refractivity contribution >= 4 is 35.1 Å². The summed E-state index contributed by atoms with van der Waals surface area (Å²) < 4.78 is 0. The molecule has 1 aromatic carbocycles. The Labute approximate surface area is 158 Å². The van der Waals surface area contributed by atoms with Gasteiger partial charge in [-0.3, -0.25) is 25.2 Å². The third-order valence-corrected chi connectivity index (χ3v) is 4.21. The first kappa shape index (κ1) is 19.8. The highest BCUT2D eigenvalue weighted by atomic mass is 32.1. The van der Waals surface area contributed by atoms with Gasteiger partial charge in [-0.2, -0.15) is 0 Å². The summed E-state index contributed by atoms with van der Waals surface area (Å²) in [5.41, 5.74) is 5.40. The second-order valence-electron chi connectivity index (χ2n) is 7.31. The molecule has 0 radical (unpaired) electrons. The van der Waals surface area contributed by atoms with Gasteiger partial charge < -0.3 is 10.2 Å². The summed E-state index contributed by atoms with van der Waals surface area (Å²) in [6.45, 7) is 6.11. The van der Waals surface area contributed by atoms with Crippen molar-refractivity contribution in [2.24, 2.45) is 11.3 Å². The van der Waals surface area contributed by atoms with Crippen molar-refractivity contribution < 1.29 is 14.4 Å². The maximum Gasteiger partial charge on any atom is 0.243 e. The normalized spacial score (nSPS) is 17.0. The molecule has 8 heteroatoms. The topological polar surface area (TPSA) is 90.5 Å². The fourth-order valence-electron chi connectivity index (χ4n) is 2.45. The van der Waals surface area contributed by atoms with Crippen LogP contribution in [-0.4, -0.2) is 34.3 Å². The van der Waals surface area contributed by atoms with Crippen LogP contribution >= 0.6 is 12.2 Å². The minimum absolute atomic E-state index is 0.0174. The van der Waals surface area contributed by atoms with E-state index < -0.39 is 11.3 Å². The van der Waals surface area contributed by atoms with Crippen LogP contribution in [0.15, 0.2) is 30.3 Å². The van der Waals surface area contributed by atoms with Crippen molar-refractivity contribution in [3.05, 3.63) is 35.9 Å². The van der Waals surface area contributed by atoms with E-state index in [9.17, 15) is 14.4 Å². The van der Waals surface area contributed by atoms with Crippen molar-refractivity contribution in [3.8, 4) is 0 Å². The number of nitrogens with zero attached hydrogens (tertiary/aromatic N) is 1. The molecule has 0 saturated carbocycles. The molecular weight excluding hydrogens is 352 g/mol. The minimum atomic E-state index is -0.592. The Morgan fingerprint density at radius 3 is 2.46 bits per heavy atom. The monoisotopic (exact) mass is 376 g/mol. The first-order valence-corrected chi connectivity index (χ1v) is 8.80. The molecule has 3 amide bonds. The molecule has 140 valence electrons. The van der Waals surface area contributed by atoms with Crippen LogP contribution in [0.4, 0.5) is 0 Å². The number of nitrogens with one attached hydrogen (secondary N) is 3. The van der Waals surface area contributed by atoms with Crippen LogP contribution in [0.1, 0.15) is 32.8 Å². The lowest BCUT2D eigenvalue weighted by molar-refractivity contribution is -0.129. The van der Waals surface area contributed by atoms with Gasteiger partial charge in [-0.25, -0.2) is 0 Å². The van der Waals surface area contributed by atoms with Gasteiger partial charge in [0.15, 0.2) is 5.11 Å². The summed E-state index contributed by atoms with van der Waals surface area (Å²) in [7, 11) is 0. The Bertz CT molecular complexity index is 700. The number of hydrogen-bond donors (Lipinski definition) is 3. The minimum Gasteiger partial charge on any atom is -0.338 e. The molecule has 7 nitrogen and oxygen atoms in total. The molecule has 0 bridgehead atoms. The number of likely N-dealkylation sites (tertiary alicyclic amines) is 1. The number of benzene rings is 1. The summed E-state index contributed by atoms with van der Waals surface area (Å²) in [5.74, 6) is -1.10. The summed E-state index contributed by atoms with van der Waals surface area (Å²) in [6, 6.07) is 9.63. The molecule has 3 N–H and O–H groups in total. The van der Waals surface area contributed by atoms with E-state index >= 15 is 0 Å². The van der Waals surface area contributed by atoms with Gasteiger partial charge in [0.05, 0.1) is 5.92 Å². The largest absolute Gasteiger partial charge is 0.338 e. The molecule has 26 heavy (non-hydrogen) atoms. The summed E-state index contributed by atoms with van der Waals surface area (Å²) >= 11 is 4.99. The lowest BCUT2D eigenvalue weighted by atomic mass is 9.96. The first-order valence-electron chi connectivity index (χ1n) is 8.40. The second kappa shape index (κ2) is 8.27. The van der Waals surface area contributed by atoms with Gasteiger partial charge in [-0.05, 0) is 17.8 Å². The van der Waals surface area contributed by atoms with E-state index in [0.717, 1.165) is 5.56 Å². The van der Waals surface area contributed by atoms with E-state index in [1.165, 1.54) is 0 Å². The van der Waals surface area contributed by atoms with E-state index in [1.807, 2.05) is 30.3 Å². The third kappa shape index (κ3) is 5.52. The number of hydrazine groups is 1. The number of hydrogen-bond acceptors (Lipinski definition) is 4. The van der Waals surface area contributed by atoms with Crippen LogP contribution < -0.4 is 16.2 Å². The van der Waals surface area contributed by atoms with Gasteiger partial charge in [0, 0.05) is 24.9 Å². The molecule has 1 fully saturated rings. The molecule has 1 saturated heterocycles. The number of rotatable bonds is 3. The number of amides is 3. The van der Waals surface area contributed by atoms with E-state index in [2.05, 4.69) is 16.2 Å². The number of carbonyl (C=O) groups excluding carboxylic acids is 3. The molecule has 2 rings (SSSR count). The zero-order valence-corrected chi connectivity index (χ0v) is 16.0. The Balaban J connectivity index is 1.80. The zero-order chi connectivity index (χ0) is 19.3. The highest BCUT2D eigenvalue weighted by molar-refractivity contribution is 7.80. The Kier molecular flexibility index (Phi) is 6.31. The zero-order valence-electron chi connectivity index (χ0n) is 15.2. The van der Waals surface area contributed by atoms with Gasteiger partial charge in [0.2, 0.25) is 17.7 Å². The summed E-state index contributed by atoms with van der Waals surface area (Å²) in [5, 5.41) is 2.52. The smallest absolute Gasteiger partial charge is 0.243 e. The van der Waals surface area contributed by atoms with Crippen LogP contribution in [0.2, 0.25) is 0 Å². The van der Waals surface area contributed by atoms with Gasteiger partial charge in [-0.1, -0.05) is 51.1 Å². The molecular formula is C18H24N4O3S. The first-order chi connectivity index (χ1) is 12.2. The predicted molar refractivity (Wildman–Crippen MR) is 101 cm³/mol. The Morgan fingerprint density at radius 2 is 1.85 bits per heavy atom. The van der Waals surface area contributed by atoms with Gasteiger partial charge >= 0.3 is 0 Å². The molecule has 1 atom stereocenters. The molecule has 1 aliphatic heterocycles. The van der Waals surface area contributed by atoms with Crippen LogP contribution in [0.25, 0.3) is 0 Å². The lowest BCUT2D eigenvalue weighted by Gasteiger charge is -2.19. The van der Waals surface area contributed by atoms with Crippen molar-refractivity contribution in [3.63, 3.8) is 0 Å². The van der Waals surface area contributed by atoms with Gasteiger partial charge in [0.25, 0.3) is 0 Å². The molecule has 1 heterocycles. The molecule has 0 aliphatic carbocycles. The van der Waals surface area contributed by atoms with Crippen LogP contribution in [0.5, 0.6) is 0 Å². The fourth-order valence-corrected chi connectivity index (χ4v) is 2.59. The van der Waals surface area contributed by atoms with Crippen molar-refractivity contribution in [1.29, 1.82) is 0 Å². The average molecular weight is 376 g/mol. The molecule has 1 aliphatic rings. The van der Waals surface area contributed by atoms with Crippen LogP contribution in [0, 0.1) is 11.3 Å². The summed E-state index contributed by atoms with van der Waals surface area (Å²) in [4.78, 5) is 37.9. The highest BCUT2D eigenvalue weighted by Gasteiger charge is 2.34. The second-order valence-corrected chi connectivity index (χ2v) is 7.72. The molecule has 1 unspecified atom stereocenters. The maximum absolute atomic E-state index is 12.3. The van der Waals surface area contributed by atoms with E-state index in [4.69, 9.17) is 12.2 Å². The van der Waals surface area contributed by atoms with Crippen molar-refractivity contribution in [1.82, 2.24) is 21.1 Å². The van der Waals surface area contributed by atoms with Gasteiger partial charge in [0.1, 0.15) is 0 Å². The lowest BCUT2D eigenvalue weighted by Crippen LogP contribution is -2.52.